The first-order valence-electron chi connectivity index (χ1n) is 8.69. The molecule has 0 unspecified atom stereocenters. The van der Waals surface area contributed by atoms with Crippen LogP contribution in [0.25, 0.3) is 0 Å². The second kappa shape index (κ2) is 7.09. The van der Waals surface area contributed by atoms with Crippen LogP contribution >= 0.6 is 0 Å². The minimum Gasteiger partial charge on any atom is -0.352 e. The van der Waals surface area contributed by atoms with Crippen LogP contribution in [0, 0.1) is 31.4 Å². The van der Waals surface area contributed by atoms with Gasteiger partial charge in [-0.05, 0) is 25.5 Å². The second-order valence-electron chi connectivity index (χ2n) is 6.99. The fourth-order valence-corrected chi connectivity index (χ4v) is 3.54. The van der Waals surface area contributed by atoms with Crippen molar-refractivity contribution in [1.82, 2.24) is 20.0 Å². The Morgan fingerprint density at radius 2 is 1.96 bits per heavy atom. The molecule has 1 saturated heterocycles. The minimum absolute atomic E-state index is 0.0323. The summed E-state index contributed by atoms with van der Waals surface area (Å²) in [6.45, 7) is 3.52. The highest BCUT2D eigenvalue weighted by atomic mass is 19.2. The van der Waals surface area contributed by atoms with Crippen molar-refractivity contribution in [2.45, 2.75) is 26.3 Å². The number of nitrogens with zero attached hydrogens (tertiary/aromatic N) is 3. The van der Waals surface area contributed by atoms with Gasteiger partial charge in [-0.25, -0.2) is 8.78 Å². The summed E-state index contributed by atoms with van der Waals surface area (Å²) in [6.07, 6.45) is 1.99. The van der Waals surface area contributed by atoms with Crippen LogP contribution in [0.2, 0.25) is 0 Å². The first-order valence-corrected chi connectivity index (χ1v) is 8.69. The number of amides is 2. The van der Waals surface area contributed by atoms with E-state index in [0.717, 1.165) is 11.3 Å². The molecular weight excluding hydrogens is 354 g/mol. The molecule has 6 nitrogen and oxygen atoms in total. The van der Waals surface area contributed by atoms with E-state index < -0.39 is 17.5 Å². The molecule has 8 heteroatoms. The van der Waals surface area contributed by atoms with Crippen molar-refractivity contribution in [2.75, 3.05) is 13.6 Å². The van der Waals surface area contributed by atoms with Gasteiger partial charge in [-0.3, -0.25) is 14.3 Å². The highest BCUT2D eigenvalue weighted by Gasteiger charge is 2.40. The third-order valence-electron chi connectivity index (χ3n) is 5.33. The van der Waals surface area contributed by atoms with Crippen LogP contribution in [-0.2, 0) is 11.8 Å². The largest absolute Gasteiger partial charge is 0.352 e. The topological polar surface area (TPSA) is 67.2 Å². The van der Waals surface area contributed by atoms with Gasteiger partial charge in [0.1, 0.15) is 0 Å². The summed E-state index contributed by atoms with van der Waals surface area (Å²) < 4.78 is 29.5. The van der Waals surface area contributed by atoms with Gasteiger partial charge in [0.15, 0.2) is 11.6 Å². The number of nitrogens with one attached hydrogen (secondary N) is 1. The predicted octanol–water partition coefficient (Wildman–Crippen LogP) is 2.26. The summed E-state index contributed by atoms with van der Waals surface area (Å²) in [4.78, 5) is 26.2. The lowest BCUT2D eigenvalue weighted by atomic mass is 9.94. The van der Waals surface area contributed by atoms with Crippen LogP contribution in [0.1, 0.15) is 39.6 Å². The second-order valence-corrected chi connectivity index (χ2v) is 6.99. The Morgan fingerprint density at radius 3 is 2.59 bits per heavy atom. The summed E-state index contributed by atoms with van der Waals surface area (Å²) in [7, 11) is 3.54. The molecule has 144 valence electrons. The molecule has 27 heavy (non-hydrogen) atoms. The zero-order valence-electron chi connectivity index (χ0n) is 15.7. The molecule has 0 radical (unpaired) electrons. The molecule has 1 aromatic heterocycles. The van der Waals surface area contributed by atoms with Gasteiger partial charge in [0.25, 0.3) is 5.91 Å². The van der Waals surface area contributed by atoms with Crippen molar-refractivity contribution in [2.24, 2.45) is 13.0 Å². The van der Waals surface area contributed by atoms with E-state index in [1.54, 1.807) is 22.8 Å². The molecule has 2 heterocycles. The lowest BCUT2D eigenvalue weighted by Gasteiger charge is -2.25. The summed E-state index contributed by atoms with van der Waals surface area (Å²) >= 11 is 0. The van der Waals surface area contributed by atoms with Gasteiger partial charge in [-0.1, -0.05) is 6.07 Å². The average molecular weight is 376 g/mol. The normalized spacial score (nSPS) is 19.6. The standard InChI is InChI=1S/C19H22F2N4O2/c1-10-5-6-13(17(21)16(10)20)19(27)22-8-12-7-15(26)24(3)18(12)14-9-23-25(4)11(14)2/h5-6,9,12,18H,7-8H2,1-4H3,(H,22,27)/t12-,18+/m1/s1. The maximum absolute atomic E-state index is 14.0. The van der Waals surface area contributed by atoms with Crippen LogP contribution in [0.5, 0.6) is 0 Å². The Labute approximate surface area is 156 Å². The van der Waals surface area contributed by atoms with Crippen molar-refractivity contribution in [3.63, 3.8) is 0 Å². The van der Waals surface area contributed by atoms with Gasteiger partial charge in [0, 0.05) is 44.2 Å². The molecule has 0 bridgehead atoms. The predicted molar refractivity (Wildman–Crippen MR) is 95.0 cm³/mol. The number of likely N-dealkylation sites (tertiary alicyclic amines) is 1. The maximum Gasteiger partial charge on any atom is 0.254 e. The average Bonchev–Trinajstić information content (AvgIpc) is 3.10. The third-order valence-corrected chi connectivity index (χ3v) is 5.33. The van der Waals surface area contributed by atoms with Crippen molar-refractivity contribution in [3.8, 4) is 0 Å². The molecule has 1 fully saturated rings. The molecule has 2 atom stereocenters. The van der Waals surface area contributed by atoms with Crippen LogP contribution in [0.15, 0.2) is 18.3 Å². The lowest BCUT2D eigenvalue weighted by molar-refractivity contribution is -0.127. The third kappa shape index (κ3) is 3.31. The Hall–Kier alpha value is -2.77. The van der Waals surface area contributed by atoms with Crippen LogP contribution in [0.3, 0.4) is 0 Å². The van der Waals surface area contributed by atoms with E-state index in [1.165, 1.54) is 19.1 Å². The molecule has 2 aromatic rings. The molecule has 1 N–H and O–H groups in total. The first-order chi connectivity index (χ1) is 12.7. The molecule has 1 aliphatic heterocycles. The van der Waals surface area contributed by atoms with Gasteiger partial charge < -0.3 is 10.2 Å². The summed E-state index contributed by atoms with van der Waals surface area (Å²) in [5, 5.41) is 6.87. The zero-order chi connectivity index (χ0) is 19.9. The molecule has 1 aromatic carbocycles. The van der Waals surface area contributed by atoms with Gasteiger partial charge in [0.05, 0.1) is 17.8 Å². The number of halogens is 2. The molecule has 0 saturated carbocycles. The number of carbonyl (C=O) groups is 2. The number of benzene rings is 1. The van der Waals surface area contributed by atoms with E-state index in [9.17, 15) is 18.4 Å². The van der Waals surface area contributed by atoms with E-state index in [1.807, 2.05) is 14.0 Å². The molecule has 2 amide bonds. The van der Waals surface area contributed by atoms with Crippen molar-refractivity contribution < 1.29 is 18.4 Å². The minimum atomic E-state index is -1.16. The number of rotatable bonds is 4. The quantitative estimate of drug-likeness (QED) is 0.890. The highest BCUT2D eigenvalue weighted by molar-refractivity contribution is 5.94. The summed E-state index contributed by atoms with van der Waals surface area (Å²) in [5.41, 5.74) is 1.64. The number of hydrogen-bond donors (Lipinski definition) is 1. The Bertz CT molecular complexity index is 909. The maximum atomic E-state index is 14.0. The molecule has 1 aliphatic rings. The first kappa shape index (κ1) is 19.0. The number of hydrogen-bond acceptors (Lipinski definition) is 3. The fourth-order valence-electron chi connectivity index (χ4n) is 3.54. The van der Waals surface area contributed by atoms with Crippen molar-refractivity contribution in [3.05, 3.63) is 52.3 Å². The number of carbonyl (C=O) groups excluding carboxylic acids is 2. The van der Waals surface area contributed by atoms with E-state index >= 15 is 0 Å². The van der Waals surface area contributed by atoms with Crippen LogP contribution in [-0.4, -0.2) is 40.1 Å². The molecule has 0 spiro atoms. The van der Waals surface area contributed by atoms with E-state index in [-0.39, 0.29) is 42.0 Å². The lowest BCUT2D eigenvalue weighted by Crippen LogP contribution is -2.33. The molecule has 3 rings (SSSR count). The van der Waals surface area contributed by atoms with Gasteiger partial charge in [0.2, 0.25) is 5.91 Å². The van der Waals surface area contributed by atoms with E-state index in [0.29, 0.717) is 0 Å². The zero-order valence-corrected chi connectivity index (χ0v) is 15.7. The van der Waals surface area contributed by atoms with Crippen molar-refractivity contribution in [1.29, 1.82) is 0 Å². The van der Waals surface area contributed by atoms with Gasteiger partial charge in [-0.2, -0.15) is 5.10 Å². The molecular formula is C19H22F2N4O2. The van der Waals surface area contributed by atoms with Crippen LogP contribution < -0.4 is 5.32 Å². The van der Waals surface area contributed by atoms with E-state index in [4.69, 9.17) is 0 Å². The smallest absolute Gasteiger partial charge is 0.254 e. The fraction of sp³-hybridized carbons (Fsp3) is 0.421. The molecule has 0 aliphatic carbocycles. The monoisotopic (exact) mass is 376 g/mol. The summed E-state index contributed by atoms with van der Waals surface area (Å²) in [6, 6.07) is 2.39. The SMILES string of the molecule is Cc1ccc(C(=O)NC[C@H]2CC(=O)N(C)[C@@H]2c2cnn(C)c2C)c(F)c1F. The summed E-state index contributed by atoms with van der Waals surface area (Å²) in [5.74, 6) is -3.10. The van der Waals surface area contributed by atoms with Crippen LogP contribution in [0.4, 0.5) is 8.78 Å². The Balaban J connectivity index is 1.78. The number of aromatic nitrogens is 2. The Kier molecular flexibility index (Phi) is 4.99. The highest BCUT2D eigenvalue weighted by Crippen LogP contribution is 2.37. The van der Waals surface area contributed by atoms with Crippen molar-refractivity contribution >= 4 is 11.8 Å². The van der Waals surface area contributed by atoms with Gasteiger partial charge in [-0.15, -0.1) is 0 Å². The van der Waals surface area contributed by atoms with E-state index in [2.05, 4.69) is 10.4 Å². The van der Waals surface area contributed by atoms with Gasteiger partial charge >= 0.3 is 0 Å². The number of aryl methyl sites for hydroxylation is 2. The Morgan fingerprint density at radius 1 is 1.26 bits per heavy atom.